The van der Waals surface area contributed by atoms with Crippen molar-refractivity contribution in [2.75, 3.05) is 32.8 Å². The molecule has 9 nitrogen and oxygen atoms in total. The molecule has 0 saturated heterocycles. The first kappa shape index (κ1) is 32.3. The van der Waals surface area contributed by atoms with Crippen LogP contribution in [-0.2, 0) is 16.0 Å². The zero-order valence-corrected chi connectivity index (χ0v) is 24.3. The van der Waals surface area contributed by atoms with E-state index < -0.39 is 18.1 Å². The van der Waals surface area contributed by atoms with E-state index in [-0.39, 0.29) is 30.0 Å². The third-order valence-electron chi connectivity index (χ3n) is 7.20. The number of anilines is 1. The number of aliphatic hydroxyl groups excluding tert-OH is 1. The maximum Gasteiger partial charge on any atom is 0.310 e. The first-order valence-electron chi connectivity index (χ1n) is 13.8. The van der Waals surface area contributed by atoms with E-state index in [1.807, 2.05) is 32.0 Å². The van der Waals surface area contributed by atoms with E-state index in [9.17, 15) is 15.1 Å². The molecule has 1 amide bonds. The fraction of sp³-hybridized carbons (Fsp3) is 0.600. The molecule has 2 rings (SSSR count). The highest BCUT2D eigenvalue weighted by Gasteiger charge is 2.32. The SMILES string of the molecule is COCCCOc1cc(C[C@@H](C[C@H](N)[C@@H](O)C[C@H](C(=O)Nc2cccc[n+]2[O-])C(C)C)C(C)C)ccc1OC. The molecule has 0 radical (unpaired) electrons. The van der Waals surface area contributed by atoms with Gasteiger partial charge in [-0.2, -0.15) is 0 Å². The second-order valence-electron chi connectivity index (χ2n) is 10.8. The smallest absolute Gasteiger partial charge is 0.310 e. The van der Waals surface area contributed by atoms with Crippen LogP contribution in [0.25, 0.3) is 0 Å². The molecule has 0 aliphatic carbocycles. The third kappa shape index (κ3) is 10.3. The normalized spacial score (nSPS) is 14.6. The minimum atomic E-state index is -0.866. The number of carbonyl (C=O) groups is 1. The lowest BCUT2D eigenvalue weighted by molar-refractivity contribution is -0.590. The van der Waals surface area contributed by atoms with Crippen LogP contribution >= 0.6 is 0 Å². The van der Waals surface area contributed by atoms with Gasteiger partial charge in [0, 0.05) is 32.2 Å². The summed E-state index contributed by atoms with van der Waals surface area (Å²) in [4.78, 5) is 13.0. The van der Waals surface area contributed by atoms with Gasteiger partial charge in [-0.25, -0.2) is 14.8 Å². The van der Waals surface area contributed by atoms with Crippen LogP contribution in [0, 0.1) is 28.9 Å². The molecule has 0 aliphatic heterocycles. The topological polar surface area (TPSA) is 130 Å². The van der Waals surface area contributed by atoms with E-state index >= 15 is 0 Å². The molecule has 0 saturated carbocycles. The molecule has 4 N–H and O–H groups in total. The maximum atomic E-state index is 13.0. The molecule has 2 aromatic rings. The lowest BCUT2D eigenvalue weighted by atomic mass is 9.81. The van der Waals surface area contributed by atoms with Gasteiger partial charge in [0.15, 0.2) is 11.5 Å². The number of amides is 1. The highest BCUT2D eigenvalue weighted by atomic mass is 16.5. The first-order chi connectivity index (χ1) is 18.6. The van der Waals surface area contributed by atoms with Crippen molar-refractivity contribution in [3.8, 4) is 11.5 Å². The summed E-state index contributed by atoms with van der Waals surface area (Å²) in [5, 5.41) is 25.7. The zero-order chi connectivity index (χ0) is 28.9. The average molecular weight is 546 g/mol. The van der Waals surface area contributed by atoms with Gasteiger partial charge in [-0.1, -0.05) is 39.8 Å². The van der Waals surface area contributed by atoms with Crippen LogP contribution in [0.4, 0.5) is 5.82 Å². The van der Waals surface area contributed by atoms with Gasteiger partial charge in [0.05, 0.1) is 31.9 Å². The molecule has 218 valence electrons. The summed E-state index contributed by atoms with van der Waals surface area (Å²) < 4.78 is 17.1. The summed E-state index contributed by atoms with van der Waals surface area (Å²) in [5.41, 5.74) is 7.62. The lowest BCUT2D eigenvalue weighted by Crippen LogP contribution is -2.42. The quantitative estimate of drug-likeness (QED) is 0.156. The number of pyridine rings is 1. The van der Waals surface area contributed by atoms with Gasteiger partial charge in [0.2, 0.25) is 0 Å². The van der Waals surface area contributed by atoms with Gasteiger partial charge >= 0.3 is 5.91 Å². The molecule has 0 fully saturated rings. The number of hydrogen-bond donors (Lipinski definition) is 3. The number of rotatable bonds is 17. The van der Waals surface area contributed by atoms with Crippen molar-refractivity contribution in [2.45, 2.75) is 65.5 Å². The number of nitrogens with one attached hydrogen (secondary N) is 1. The van der Waals surface area contributed by atoms with Gasteiger partial charge in [-0.15, -0.1) is 0 Å². The summed E-state index contributed by atoms with van der Waals surface area (Å²) >= 11 is 0. The Hall–Kier alpha value is -2.88. The van der Waals surface area contributed by atoms with Crippen LogP contribution < -0.4 is 25.3 Å². The highest BCUT2D eigenvalue weighted by Crippen LogP contribution is 2.32. The molecule has 0 spiro atoms. The second kappa shape index (κ2) is 16.3. The molecule has 1 aromatic carbocycles. The van der Waals surface area contributed by atoms with Crippen molar-refractivity contribution in [3.63, 3.8) is 0 Å². The lowest BCUT2D eigenvalue weighted by Gasteiger charge is -2.29. The summed E-state index contributed by atoms with van der Waals surface area (Å²) in [6.07, 6.45) is 2.82. The predicted octanol–water partition coefficient (Wildman–Crippen LogP) is 3.94. The molecule has 0 aliphatic rings. The van der Waals surface area contributed by atoms with Crippen LogP contribution in [0.15, 0.2) is 42.6 Å². The van der Waals surface area contributed by atoms with Crippen molar-refractivity contribution >= 4 is 11.7 Å². The van der Waals surface area contributed by atoms with E-state index in [0.29, 0.717) is 41.8 Å². The van der Waals surface area contributed by atoms with E-state index in [2.05, 4.69) is 19.2 Å². The number of methoxy groups -OCH3 is 2. The average Bonchev–Trinajstić information content (AvgIpc) is 2.90. The Morgan fingerprint density at radius 1 is 1.05 bits per heavy atom. The Kier molecular flexibility index (Phi) is 13.5. The molecule has 9 heteroatoms. The number of ether oxygens (including phenoxy) is 3. The molecule has 0 unspecified atom stereocenters. The Balaban J connectivity index is 2.05. The molecular weight excluding hydrogens is 498 g/mol. The largest absolute Gasteiger partial charge is 0.711 e. The van der Waals surface area contributed by atoms with Gasteiger partial charge in [0.25, 0.3) is 5.82 Å². The fourth-order valence-electron chi connectivity index (χ4n) is 4.61. The highest BCUT2D eigenvalue weighted by molar-refractivity contribution is 5.91. The monoisotopic (exact) mass is 545 g/mol. The Morgan fingerprint density at radius 3 is 2.41 bits per heavy atom. The van der Waals surface area contributed by atoms with Crippen molar-refractivity contribution in [1.82, 2.24) is 0 Å². The molecule has 4 atom stereocenters. The third-order valence-corrected chi connectivity index (χ3v) is 7.20. The number of nitrogens with two attached hydrogens (primary N) is 1. The minimum Gasteiger partial charge on any atom is -0.711 e. The summed E-state index contributed by atoms with van der Waals surface area (Å²) in [6.45, 7) is 9.31. The van der Waals surface area contributed by atoms with E-state index in [4.69, 9.17) is 19.9 Å². The second-order valence-corrected chi connectivity index (χ2v) is 10.8. The van der Waals surface area contributed by atoms with Crippen molar-refractivity contribution in [3.05, 3.63) is 53.4 Å². The van der Waals surface area contributed by atoms with E-state index in [0.717, 1.165) is 18.4 Å². The maximum absolute atomic E-state index is 13.0. The fourth-order valence-corrected chi connectivity index (χ4v) is 4.61. The Morgan fingerprint density at radius 2 is 1.79 bits per heavy atom. The number of nitrogens with zero attached hydrogens (tertiary/aromatic N) is 1. The summed E-state index contributed by atoms with van der Waals surface area (Å²) in [5.74, 6) is 1.23. The molecule has 0 bridgehead atoms. The number of aromatic nitrogens is 1. The Labute approximate surface area is 233 Å². The number of aliphatic hydroxyl groups is 1. The van der Waals surface area contributed by atoms with E-state index in [1.54, 1.807) is 32.4 Å². The zero-order valence-electron chi connectivity index (χ0n) is 24.3. The van der Waals surface area contributed by atoms with E-state index in [1.165, 1.54) is 6.20 Å². The van der Waals surface area contributed by atoms with Gasteiger partial charge in [-0.3, -0.25) is 0 Å². The van der Waals surface area contributed by atoms with Crippen LogP contribution in [-0.4, -0.2) is 50.6 Å². The number of benzene rings is 1. The first-order valence-corrected chi connectivity index (χ1v) is 13.8. The molecule has 1 heterocycles. The molecular formula is C30H47N3O6. The van der Waals surface area contributed by atoms with Gasteiger partial charge in [-0.05, 0) is 60.8 Å². The molecule has 39 heavy (non-hydrogen) atoms. The standard InChI is InChI=1S/C30H47N3O6/c1-20(2)23(16-22-11-12-27(38-6)28(17-22)39-15-9-14-37-5)18-25(31)26(34)19-24(21(3)4)30(35)32-29-10-7-8-13-33(29)36/h7-8,10-13,17,20-21,23-26,34H,9,14-16,18-19,31H2,1-6H3,(H,32,35)/t23-,24-,25-,26-/m0/s1. The van der Waals surface area contributed by atoms with Crippen LogP contribution in [0.1, 0.15) is 52.5 Å². The van der Waals surface area contributed by atoms with Crippen LogP contribution in [0.5, 0.6) is 11.5 Å². The van der Waals surface area contributed by atoms with Crippen LogP contribution in [0.2, 0.25) is 0 Å². The summed E-state index contributed by atoms with van der Waals surface area (Å²) in [6, 6.07) is 10.3. The molecule has 1 aromatic heterocycles. The van der Waals surface area contributed by atoms with Gasteiger partial charge < -0.3 is 30.3 Å². The Bertz CT molecular complexity index is 1020. The number of carbonyl (C=O) groups excluding carboxylic acids is 1. The van der Waals surface area contributed by atoms with Crippen molar-refractivity contribution in [2.24, 2.45) is 29.4 Å². The van der Waals surface area contributed by atoms with Crippen molar-refractivity contribution in [1.29, 1.82) is 0 Å². The summed E-state index contributed by atoms with van der Waals surface area (Å²) in [7, 11) is 3.29. The van der Waals surface area contributed by atoms with Crippen LogP contribution in [0.3, 0.4) is 0 Å². The van der Waals surface area contributed by atoms with Gasteiger partial charge in [0.1, 0.15) is 0 Å². The minimum absolute atomic E-state index is 0.0434. The predicted molar refractivity (Wildman–Crippen MR) is 153 cm³/mol. The van der Waals surface area contributed by atoms with Crippen molar-refractivity contribution < 1.29 is 28.8 Å². The number of hydrogen-bond acceptors (Lipinski definition) is 7.